The average molecular weight is 373 g/mol. The van der Waals surface area contributed by atoms with Crippen LogP contribution in [0.25, 0.3) is 22.3 Å². The molecule has 0 radical (unpaired) electrons. The van der Waals surface area contributed by atoms with Crippen LogP contribution < -0.4 is 14.6 Å². The van der Waals surface area contributed by atoms with E-state index in [2.05, 4.69) is 15.1 Å². The maximum atomic E-state index is 11.7. The molecule has 0 N–H and O–H groups in total. The topological polar surface area (TPSA) is 102 Å². The normalized spacial score (nSPS) is 12.4. The van der Waals surface area contributed by atoms with Crippen LogP contribution in [-0.4, -0.2) is 32.5 Å². The summed E-state index contributed by atoms with van der Waals surface area (Å²) in [6.45, 7) is 0.602. The number of carbonyl (C=O) groups excluding carboxylic acids is 1. The zero-order chi connectivity index (χ0) is 19.1. The Morgan fingerprint density at radius 2 is 1.93 bits per heavy atom. The molecule has 0 amide bonds. The molecule has 8 nitrogen and oxygen atoms in total. The highest BCUT2D eigenvalue weighted by molar-refractivity contribution is 6.01. The number of fused-ring (bicyclic) bond motifs is 2. The van der Waals surface area contributed by atoms with Crippen molar-refractivity contribution in [1.82, 2.24) is 19.7 Å². The number of rotatable bonds is 4. The third-order valence-corrected chi connectivity index (χ3v) is 4.58. The molecule has 0 fully saturated rings. The van der Waals surface area contributed by atoms with Gasteiger partial charge in [0.05, 0.1) is 24.4 Å². The van der Waals surface area contributed by atoms with Gasteiger partial charge in [-0.15, -0.1) is 0 Å². The molecule has 5 rings (SSSR count). The molecule has 1 aliphatic rings. The van der Waals surface area contributed by atoms with E-state index < -0.39 is 5.97 Å². The molecular weight excluding hydrogens is 360 g/mol. The van der Waals surface area contributed by atoms with Crippen molar-refractivity contribution in [2.45, 2.75) is 6.54 Å². The summed E-state index contributed by atoms with van der Waals surface area (Å²) >= 11 is 0. The number of ether oxygens (including phenoxy) is 2. The number of aromatic carboxylic acids is 1. The lowest BCUT2D eigenvalue weighted by Gasteiger charge is -2.10. The molecule has 4 heterocycles. The Labute approximate surface area is 159 Å². The first-order valence-electron chi connectivity index (χ1n) is 8.56. The van der Waals surface area contributed by atoms with Gasteiger partial charge in [0.15, 0.2) is 17.1 Å². The first-order valence-corrected chi connectivity index (χ1v) is 8.56. The summed E-state index contributed by atoms with van der Waals surface area (Å²) in [6, 6.07) is 10.6. The van der Waals surface area contributed by atoms with Crippen LogP contribution in [0.5, 0.6) is 11.5 Å². The number of hydrogen-bond acceptors (Lipinski definition) is 7. The van der Waals surface area contributed by atoms with Gasteiger partial charge < -0.3 is 19.4 Å². The number of carboxylic acid groups (broad SMARTS) is 1. The zero-order valence-corrected chi connectivity index (χ0v) is 14.5. The first kappa shape index (κ1) is 16.2. The SMILES string of the molecule is O=C([O-])c1cc(-c2ccc3c(c2)OCO3)nc2c1cnn2Cc1ccncc1. The summed E-state index contributed by atoms with van der Waals surface area (Å²) in [5.74, 6) is -0.0368. The lowest BCUT2D eigenvalue weighted by molar-refractivity contribution is -0.254. The summed E-state index contributed by atoms with van der Waals surface area (Å²) in [7, 11) is 0. The third kappa shape index (κ3) is 2.71. The zero-order valence-electron chi connectivity index (χ0n) is 14.5. The monoisotopic (exact) mass is 373 g/mol. The van der Waals surface area contributed by atoms with Crippen LogP contribution in [0.4, 0.5) is 0 Å². The van der Waals surface area contributed by atoms with E-state index in [1.807, 2.05) is 18.2 Å². The predicted molar refractivity (Wildman–Crippen MR) is 96.8 cm³/mol. The molecule has 0 unspecified atom stereocenters. The molecule has 0 saturated heterocycles. The summed E-state index contributed by atoms with van der Waals surface area (Å²) in [6.07, 6.45) is 4.89. The molecule has 8 heteroatoms. The standard InChI is InChI=1S/C20H14N4O4/c25-20(26)14-8-16(13-1-2-17-18(7-13)28-11-27-17)23-19-15(14)9-22-24(19)10-12-3-5-21-6-4-12/h1-9H,10-11H2,(H,25,26)/p-1. The van der Waals surface area contributed by atoms with Gasteiger partial charge in [-0.05, 0) is 42.0 Å². The van der Waals surface area contributed by atoms with Gasteiger partial charge in [0, 0.05) is 28.9 Å². The lowest BCUT2D eigenvalue weighted by Crippen LogP contribution is -2.22. The van der Waals surface area contributed by atoms with Crippen molar-refractivity contribution in [2.24, 2.45) is 0 Å². The molecule has 28 heavy (non-hydrogen) atoms. The van der Waals surface area contributed by atoms with Crippen molar-refractivity contribution in [1.29, 1.82) is 0 Å². The van der Waals surface area contributed by atoms with Crippen LogP contribution in [0.1, 0.15) is 15.9 Å². The number of hydrogen-bond donors (Lipinski definition) is 0. The Balaban J connectivity index is 1.66. The smallest absolute Gasteiger partial charge is 0.231 e. The number of benzene rings is 1. The summed E-state index contributed by atoms with van der Waals surface area (Å²) in [4.78, 5) is 20.4. The van der Waals surface area contributed by atoms with Crippen LogP contribution >= 0.6 is 0 Å². The van der Waals surface area contributed by atoms with E-state index in [0.717, 1.165) is 5.56 Å². The van der Waals surface area contributed by atoms with E-state index >= 15 is 0 Å². The molecule has 1 aliphatic heterocycles. The van der Waals surface area contributed by atoms with Crippen LogP contribution in [-0.2, 0) is 6.54 Å². The van der Waals surface area contributed by atoms with Crippen LogP contribution in [0, 0.1) is 0 Å². The van der Waals surface area contributed by atoms with Gasteiger partial charge in [-0.25, -0.2) is 9.67 Å². The maximum Gasteiger partial charge on any atom is 0.231 e. The van der Waals surface area contributed by atoms with E-state index in [1.54, 1.807) is 29.2 Å². The highest BCUT2D eigenvalue weighted by atomic mass is 16.7. The Hall–Kier alpha value is -3.94. The average Bonchev–Trinajstić information content (AvgIpc) is 3.34. The highest BCUT2D eigenvalue weighted by Crippen LogP contribution is 2.36. The van der Waals surface area contributed by atoms with E-state index in [-0.39, 0.29) is 12.4 Å². The van der Waals surface area contributed by atoms with Gasteiger partial charge in [-0.1, -0.05) is 0 Å². The number of carboxylic acids is 1. The number of pyridine rings is 2. The second kappa shape index (κ2) is 6.34. The number of nitrogens with zero attached hydrogens (tertiary/aromatic N) is 4. The van der Waals surface area contributed by atoms with Crippen LogP contribution in [0.15, 0.2) is 55.0 Å². The van der Waals surface area contributed by atoms with E-state index in [9.17, 15) is 9.90 Å². The minimum atomic E-state index is -1.28. The predicted octanol–water partition coefficient (Wildman–Crippen LogP) is 1.63. The second-order valence-corrected chi connectivity index (χ2v) is 6.31. The fourth-order valence-corrected chi connectivity index (χ4v) is 3.20. The van der Waals surface area contributed by atoms with Crippen molar-refractivity contribution >= 4 is 17.0 Å². The van der Waals surface area contributed by atoms with Gasteiger partial charge in [0.1, 0.15) is 0 Å². The Morgan fingerprint density at radius 1 is 1.11 bits per heavy atom. The molecule has 0 aliphatic carbocycles. The molecule has 0 bridgehead atoms. The fourth-order valence-electron chi connectivity index (χ4n) is 3.20. The van der Waals surface area contributed by atoms with Gasteiger partial charge in [-0.3, -0.25) is 4.98 Å². The fraction of sp³-hybridized carbons (Fsp3) is 0.100. The molecule has 0 saturated carbocycles. The van der Waals surface area contributed by atoms with Crippen molar-refractivity contribution in [3.8, 4) is 22.8 Å². The Morgan fingerprint density at radius 3 is 2.75 bits per heavy atom. The molecule has 4 aromatic rings. The molecule has 138 valence electrons. The third-order valence-electron chi connectivity index (χ3n) is 4.58. The molecule has 3 aromatic heterocycles. The molecule has 1 aromatic carbocycles. The Kier molecular flexibility index (Phi) is 3.68. The first-order chi connectivity index (χ1) is 13.7. The van der Waals surface area contributed by atoms with Gasteiger partial charge >= 0.3 is 0 Å². The Bertz CT molecular complexity index is 1200. The van der Waals surface area contributed by atoms with Crippen molar-refractivity contribution in [3.63, 3.8) is 0 Å². The summed E-state index contributed by atoms with van der Waals surface area (Å²) in [5, 5.41) is 16.5. The van der Waals surface area contributed by atoms with Gasteiger partial charge in [0.2, 0.25) is 6.79 Å². The number of carbonyl (C=O) groups is 1. The maximum absolute atomic E-state index is 11.7. The van der Waals surface area contributed by atoms with E-state index in [0.29, 0.717) is 40.3 Å². The quantitative estimate of drug-likeness (QED) is 0.536. The molecule has 0 atom stereocenters. The highest BCUT2D eigenvalue weighted by Gasteiger charge is 2.17. The molecular formula is C20H13N4O4-. The molecule has 0 spiro atoms. The van der Waals surface area contributed by atoms with Crippen molar-refractivity contribution in [2.75, 3.05) is 6.79 Å². The minimum Gasteiger partial charge on any atom is -0.545 e. The van der Waals surface area contributed by atoms with E-state index in [1.165, 1.54) is 12.3 Å². The van der Waals surface area contributed by atoms with Gasteiger partial charge in [0.25, 0.3) is 0 Å². The van der Waals surface area contributed by atoms with Gasteiger partial charge in [-0.2, -0.15) is 5.10 Å². The summed E-state index contributed by atoms with van der Waals surface area (Å²) < 4.78 is 12.4. The summed E-state index contributed by atoms with van der Waals surface area (Å²) in [5.41, 5.74) is 2.68. The van der Waals surface area contributed by atoms with E-state index in [4.69, 9.17) is 9.47 Å². The second-order valence-electron chi connectivity index (χ2n) is 6.31. The number of aromatic nitrogens is 4. The van der Waals surface area contributed by atoms with Crippen molar-refractivity contribution < 1.29 is 19.4 Å². The largest absolute Gasteiger partial charge is 0.545 e. The lowest BCUT2D eigenvalue weighted by atomic mass is 10.1. The van der Waals surface area contributed by atoms with Crippen molar-refractivity contribution in [3.05, 3.63) is 66.1 Å². The van der Waals surface area contributed by atoms with Crippen LogP contribution in [0.2, 0.25) is 0 Å². The minimum absolute atomic E-state index is 0.0404. The van der Waals surface area contributed by atoms with Crippen LogP contribution in [0.3, 0.4) is 0 Å².